The van der Waals surface area contributed by atoms with E-state index in [2.05, 4.69) is 5.32 Å². The molecule has 0 aromatic heterocycles. The Hall–Kier alpha value is -0.610. The molecule has 0 aromatic rings. The molecule has 4 heteroatoms. The largest absolute Gasteiger partial charge is 0.383 e. The van der Waals surface area contributed by atoms with E-state index in [1.165, 1.54) is 0 Å². The molecule has 1 N–H and O–H groups in total. The third kappa shape index (κ3) is 2.69. The first-order valence-electron chi connectivity index (χ1n) is 5.13. The van der Waals surface area contributed by atoms with Gasteiger partial charge in [0.15, 0.2) is 0 Å². The van der Waals surface area contributed by atoms with Crippen LogP contribution < -0.4 is 5.32 Å². The highest BCUT2D eigenvalue weighted by Crippen LogP contribution is 2.12. The maximum Gasteiger partial charge on any atom is 0.227 e. The highest BCUT2D eigenvalue weighted by Gasteiger charge is 2.27. The molecule has 14 heavy (non-hydrogen) atoms. The van der Waals surface area contributed by atoms with Gasteiger partial charge in [0.1, 0.15) is 0 Å². The number of nitrogens with zero attached hydrogens (tertiary/aromatic N) is 1. The van der Waals surface area contributed by atoms with Crippen molar-refractivity contribution in [2.24, 2.45) is 5.92 Å². The zero-order valence-electron chi connectivity index (χ0n) is 9.25. The molecule has 1 heterocycles. The average molecular weight is 200 g/mol. The molecule has 82 valence electrons. The van der Waals surface area contributed by atoms with Crippen molar-refractivity contribution in [3.63, 3.8) is 0 Å². The summed E-state index contributed by atoms with van der Waals surface area (Å²) in [5.41, 5.74) is 0. The van der Waals surface area contributed by atoms with Gasteiger partial charge in [0, 0.05) is 20.7 Å². The summed E-state index contributed by atoms with van der Waals surface area (Å²) in [5, 5.41) is 3.20. The van der Waals surface area contributed by atoms with Gasteiger partial charge in [0.05, 0.1) is 18.6 Å². The van der Waals surface area contributed by atoms with Crippen LogP contribution in [0.2, 0.25) is 0 Å². The molecular weight excluding hydrogens is 180 g/mol. The van der Waals surface area contributed by atoms with Crippen LogP contribution in [0.25, 0.3) is 0 Å². The summed E-state index contributed by atoms with van der Waals surface area (Å²) in [5.74, 6) is 0.402. The number of rotatable bonds is 4. The quantitative estimate of drug-likeness (QED) is 0.699. The number of hydrogen-bond acceptors (Lipinski definition) is 3. The Morgan fingerprint density at radius 2 is 2.43 bits per heavy atom. The Morgan fingerprint density at radius 1 is 1.71 bits per heavy atom. The third-order valence-electron chi connectivity index (χ3n) is 2.83. The summed E-state index contributed by atoms with van der Waals surface area (Å²) in [7, 11) is 3.51. The van der Waals surface area contributed by atoms with Gasteiger partial charge in [-0.3, -0.25) is 4.79 Å². The summed E-state index contributed by atoms with van der Waals surface area (Å²) in [4.78, 5) is 13.7. The van der Waals surface area contributed by atoms with Gasteiger partial charge in [-0.05, 0) is 19.9 Å². The van der Waals surface area contributed by atoms with Gasteiger partial charge in [-0.15, -0.1) is 0 Å². The fourth-order valence-electron chi connectivity index (χ4n) is 1.72. The predicted molar refractivity (Wildman–Crippen MR) is 55.1 cm³/mol. The summed E-state index contributed by atoms with van der Waals surface area (Å²) < 4.78 is 5.03. The van der Waals surface area contributed by atoms with Crippen LogP contribution in [-0.2, 0) is 9.53 Å². The normalized spacial score (nSPS) is 23.5. The molecule has 0 aromatic carbocycles. The van der Waals surface area contributed by atoms with E-state index in [9.17, 15) is 4.79 Å². The standard InChI is InChI=1S/C10H20N2O2/c1-8(7-14-3)12(2)10(13)9-4-5-11-6-9/h8-9,11H,4-7H2,1-3H3/t8?,9-/m0/s1. The molecule has 0 bridgehead atoms. The van der Waals surface area contributed by atoms with Gasteiger partial charge in [-0.1, -0.05) is 0 Å². The van der Waals surface area contributed by atoms with Crippen LogP contribution in [0.4, 0.5) is 0 Å². The van der Waals surface area contributed by atoms with E-state index in [0.29, 0.717) is 6.61 Å². The van der Waals surface area contributed by atoms with Gasteiger partial charge in [-0.2, -0.15) is 0 Å². The van der Waals surface area contributed by atoms with E-state index in [-0.39, 0.29) is 17.9 Å². The smallest absolute Gasteiger partial charge is 0.227 e. The first-order valence-corrected chi connectivity index (χ1v) is 5.13. The molecule has 0 aliphatic carbocycles. The number of carbonyl (C=O) groups is 1. The molecule has 1 aliphatic rings. The maximum atomic E-state index is 11.9. The molecule has 0 spiro atoms. The minimum atomic E-state index is 0.160. The molecule has 0 saturated carbocycles. The predicted octanol–water partition coefficient (Wildman–Crippen LogP) is 0.0892. The second-order valence-corrected chi connectivity index (χ2v) is 3.94. The number of likely N-dealkylation sites (N-methyl/N-ethyl adjacent to an activating group) is 1. The zero-order chi connectivity index (χ0) is 10.6. The van der Waals surface area contributed by atoms with Crippen molar-refractivity contribution in [2.75, 3.05) is 33.9 Å². The number of carbonyl (C=O) groups excluding carboxylic acids is 1. The van der Waals surface area contributed by atoms with Gasteiger partial charge in [0.25, 0.3) is 0 Å². The Kier molecular flexibility index (Phi) is 4.35. The van der Waals surface area contributed by atoms with E-state index in [1.54, 1.807) is 12.0 Å². The first-order chi connectivity index (χ1) is 6.66. The molecule has 1 unspecified atom stereocenters. The summed E-state index contributed by atoms with van der Waals surface area (Å²) >= 11 is 0. The Morgan fingerprint density at radius 3 is 2.93 bits per heavy atom. The number of amides is 1. The SMILES string of the molecule is COCC(C)N(C)C(=O)[C@H]1CCNC1. The van der Waals surface area contributed by atoms with Crippen molar-refractivity contribution >= 4 is 5.91 Å². The number of methoxy groups -OCH3 is 1. The highest BCUT2D eigenvalue weighted by molar-refractivity contribution is 5.79. The van der Waals surface area contributed by atoms with E-state index in [0.717, 1.165) is 19.5 Å². The van der Waals surface area contributed by atoms with E-state index in [1.807, 2.05) is 14.0 Å². The van der Waals surface area contributed by atoms with Crippen LogP contribution in [0.15, 0.2) is 0 Å². The van der Waals surface area contributed by atoms with Gasteiger partial charge in [-0.25, -0.2) is 0 Å². The molecule has 1 amide bonds. The van der Waals surface area contributed by atoms with Crippen LogP contribution >= 0.6 is 0 Å². The second kappa shape index (κ2) is 5.32. The summed E-state index contributed by atoms with van der Waals surface area (Å²) in [6.07, 6.45) is 0.961. The lowest BCUT2D eigenvalue weighted by molar-refractivity contribution is -0.136. The average Bonchev–Trinajstić information content (AvgIpc) is 2.68. The topological polar surface area (TPSA) is 41.6 Å². The number of ether oxygens (including phenoxy) is 1. The molecule has 1 saturated heterocycles. The van der Waals surface area contributed by atoms with E-state index < -0.39 is 0 Å². The molecular formula is C10H20N2O2. The molecule has 1 rings (SSSR count). The van der Waals surface area contributed by atoms with Gasteiger partial charge in [0.2, 0.25) is 5.91 Å². The Bertz CT molecular complexity index is 191. The van der Waals surface area contributed by atoms with Gasteiger partial charge < -0.3 is 15.0 Å². The number of nitrogens with one attached hydrogen (secondary N) is 1. The lowest BCUT2D eigenvalue weighted by Gasteiger charge is -2.26. The van der Waals surface area contributed by atoms with E-state index in [4.69, 9.17) is 4.74 Å². The van der Waals surface area contributed by atoms with Crippen LogP contribution in [0.5, 0.6) is 0 Å². The molecule has 4 nitrogen and oxygen atoms in total. The van der Waals surface area contributed by atoms with Crippen LogP contribution in [0.3, 0.4) is 0 Å². The minimum Gasteiger partial charge on any atom is -0.383 e. The Balaban J connectivity index is 2.42. The number of hydrogen-bond donors (Lipinski definition) is 1. The molecule has 2 atom stereocenters. The van der Waals surface area contributed by atoms with Crippen molar-refractivity contribution in [3.05, 3.63) is 0 Å². The van der Waals surface area contributed by atoms with Crippen LogP contribution in [0, 0.1) is 5.92 Å². The maximum absolute atomic E-state index is 11.9. The first kappa shape index (κ1) is 11.5. The minimum absolute atomic E-state index is 0.160. The molecule has 1 fully saturated rings. The van der Waals surface area contributed by atoms with E-state index >= 15 is 0 Å². The second-order valence-electron chi connectivity index (χ2n) is 3.94. The zero-order valence-corrected chi connectivity index (χ0v) is 9.25. The summed E-state index contributed by atoms with van der Waals surface area (Å²) in [6.45, 7) is 4.39. The van der Waals surface area contributed by atoms with Gasteiger partial charge >= 0.3 is 0 Å². The third-order valence-corrected chi connectivity index (χ3v) is 2.83. The Labute approximate surface area is 85.6 Å². The van der Waals surface area contributed by atoms with Crippen molar-refractivity contribution in [2.45, 2.75) is 19.4 Å². The highest BCUT2D eigenvalue weighted by atomic mass is 16.5. The monoisotopic (exact) mass is 200 g/mol. The van der Waals surface area contributed by atoms with Crippen LogP contribution in [0.1, 0.15) is 13.3 Å². The van der Waals surface area contributed by atoms with Crippen molar-refractivity contribution in [1.82, 2.24) is 10.2 Å². The fraction of sp³-hybridized carbons (Fsp3) is 0.900. The van der Waals surface area contributed by atoms with Crippen molar-refractivity contribution < 1.29 is 9.53 Å². The molecule has 0 radical (unpaired) electrons. The van der Waals surface area contributed by atoms with Crippen molar-refractivity contribution in [3.8, 4) is 0 Å². The fourth-order valence-corrected chi connectivity index (χ4v) is 1.72. The van der Waals surface area contributed by atoms with Crippen LogP contribution in [-0.4, -0.2) is 50.7 Å². The lowest BCUT2D eigenvalue weighted by Crippen LogP contribution is -2.41. The summed E-state index contributed by atoms with van der Waals surface area (Å²) in [6, 6.07) is 0.160. The molecule has 1 aliphatic heterocycles. The lowest BCUT2D eigenvalue weighted by atomic mass is 10.1. The van der Waals surface area contributed by atoms with Crippen molar-refractivity contribution in [1.29, 1.82) is 0 Å².